The minimum Gasteiger partial charge on any atom is -0.0896 e. The molecular weight excluding hydrogens is 370 g/mol. The van der Waals surface area contributed by atoms with E-state index in [9.17, 15) is 0 Å². The number of rotatable bonds is 1. The summed E-state index contributed by atoms with van der Waals surface area (Å²) < 4.78 is -2.22. The van der Waals surface area contributed by atoms with E-state index in [1.54, 1.807) is 0 Å². The Labute approximate surface area is 87.6 Å². The molecule has 0 heterocycles. The first-order valence-corrected chi connectivity index (χ1v) is 4.90. The van der Waals surface area contributed by atoms with Crippen molar-refractivity contribution in [3.63, 3.8) is 0 Å². The maximum absolute atomic E-state index is 5.53. The van der Waals surface area contributed by atoms with Crippen molar-refractivity contribution in [1.82, 2.24) is 0 Å². The van der Waals surface area contributed by atoms with Gasteiger partial charge in [0.2, 0.25) is 3.24 Å². The summed E-state index contributed by atoms with van der Waals surface area (Å²) in [4.78, 5) is 0. The second-order valence-corrected chi connectivity index (χ2v) is 9.35. The van der Waals surface area contributed by atoms with Crippen LogP contribution in [-0.4, -0.2) is 5.94 Å². The van der Waals surface area contributed by atoms with Crippen LogP contribution < -0.4 is 0 Å². The molecule has 0 N–H and O–H groups in total. The molecule has 0 aromatic rings. The van der Waals surface area contributed by atoms with E-state index in [1.165, 1.54) is 0 Å². The highest BCUT2D eigenvalue weighted by molar-refractivity contribution is 9.27. The summed E-state index contributed by atoms with van der Waals surface area (Å²) in [7, 11) is 0. The summed E-state index contributed by atoms with van der Waals surface area (Å²) in [5.74, 6) is 0. The lowest BCUT2D eigenvalue weighted by Crippen LogP contribution is -2.21. The molecule has 8 heavy (non-hydrogen) atoms. The summed E-state index contributed by atoms with van der Waals surface area (Å²) in [6.45, 7) is 0. The fourth-order valence-electron chi connectivity index (χ4n) is 0. The minimum absolute atomic E-state index is 1.02. The Balaban J connectivity index is 4.02. The van der Waals surface area contributed by atoms with Gasteiger partial charge in [0.25, 0.3) is 0 Å². The quantitative estimate of drug-likeness (QED) is 0.608. The molecule has 0 atom stereocenters. The molecule has 0 rings (SSSR count). The monoisotopic (exact) mass is 366 g/mol. The van der Waals surface area contributed by atoms with Crippen molar-refractivity contribution < 1.29 is 0 Å². The smallest absolute Gasteiger partial charge is 0.0896 e. The summed E-state index contributed by atoms with van der Waals surface area (Å²) in [5, 5.41) is 0. The largest absolute Gasteiger partial charge is 0.210 e. The van der Waals surface area contributed by atoms with E-state index < -0.39 is 5.94 Å². The van der Waals surface area contributed by atoms with Crippen LogP contribution >= 0.6 is 82.6 Å². The predicted molar refractivity (Wildman–Crippen MR) is 49.8 cm³/mol. The van der Waals surface area contributed by atoms with Crippen LogP contribution in [0.2, 0.25) is 0 Å². The first-order chi connectivity index (χ1) is 3.25. The number of hydrogen-bond donors (Lipinski definition) is 0. The average molecular weight is 370 g/mol. The Morgan fingerprint density at radius 1 is 0.875 bits per heavy atom. The van der Waals surface area contributed by atoms with Gasteiger partial charge in [-0.3, -0.25) is 0 Å². The van der Waals surface area contributed by atoms with E-state index in [1.807, 2.05) is 0 Å². The Morgan fingerprint density at radius 3 is 1.00 bits per heavy atom. The van der Waals surface area contributed by atoms with Gasteiger partial charge in [-0.15, -0.1) is 0 Å². The molecule has 0 aliphatic rings. The van der Waals surface area contributed by atoms with Crippen LogP contribution in [0.3, 0.4) is 0 Å². The molecule has 0 unspecified atom stereocenters. The third-order valence-corrected chi connectivity index (χ3v) is 5.36. The molecule has 6 heteroatoms. The van der Waals surface area contributed by atoms with Gasteiger partial charge in [-0.25, -0.2) is 0 Å². The molecule has 0 amide bonds. The SMILES string of the molecule is ClC(Cl)(Br)C(Cl)(Br)Br. The molecule has 0 nitrogen and oxygen atoms in total. The standard InChI is InChI=1S/C2Br3Cl3/c3-1(4,6)2(5,7)8. The van der Waals surface area contributed by atoms with E-state index >= 15 is 0 Å². The van der Waals surface area contributed by atoms with Crippen molar-refractivity contribution in [1.29, 1.82) is 0 Å². The first-order valence-electron chi connectivity index (χ1n) is 1.38. The zero-order valence-corrected chi connectivity index (χ0v) is 10.3. The van der Waals surface area contributed by atoms with Gasteiger partial charge < -0.3 is 0 Å². The van der Waals surface area contributed by atoms with Crippen LogP contribution in [0.5, 0.6) is 0 Å². The summed E-state index contributed by atoms with van der Waals surface area (Å²) in [5.41, 5.74) is 0. The van der Waals surface area contributed by atoms with Gasteiger partial charge in [0.1, 0.15) is 0 Å². The number of hydrogen-bond acceptors (Lipinski definition) is 0. The van der Waals surface area contributed by atoms with E-state index in [0.717, 1.165) is 0 Å². The summed E-state index contributed by atoms with van der Waals surface area (Å²) >= 11 is 25.3. The zero-order valence-electron chi connectivity index (χ0n) is 3.27. The average Bonchev–Trinajstić information content (AvgIpc) is 1.25. The van der Waals surface area contributed by atoms with Crippen LogP contribution in [0.1, 0.15) is 0 Å². The Hall–Kier alpha value is 2.31. The molecule has 0 aromatic heterocycles. The lowest BCUT2D eigenvalue weighted by molar-refractivity contribution is 1.21. The maximum atomic E-state index is 5.53. The lowest BCUT2D eigenvalue weighted by Gasteiger charge is -2.20. The first kappa shape index (κ1) is 10.3. The van der Waals surface area contributed by atoms with Crippen molar-refractivity contribution >= 4 is 82.6 Å². The van der Waals surface area contributed by atoms with Crippen molar-refractivity contribution in [2.24, 2.45) is 0 Å². The van der Waals surface area contributed by atoms with E-state index in [0.29, 0.717) is 0 Å². The third-order valence-electron chi connectivity index (χ3n) is 0.321. The minimum atomic E-state index is -1.21. The molecule has 0 aromatic carbocycles. The van der Waals surface area contributed by atoms with Crippen molar-refractivity contribution in [3.8, 4) is 0 Å². The van der Waals surface area contributed by atoms with Gasteiger partial charge in [0, 0.05) is 0 Å². The molecule has 0 aliphatic carbocycles. The molecule has 0 aliphatic heterocycles. The Bertz CT molecular complexity index is 67.5. The third kappa shape index (κ3) is 3.47. The predicted octanol–water partition coefficient (Wildman–Crippen LogP) is 4.20. The highest BCUT2D eigenvalue weighted by Gasteiger charge is 2.42. The van der Waals surface area contributed by atoms with Crippen LogP contribution in [0.15, 0.2) is 0 Å². The van der Waals surface area contributed by atoms with E-state index in [4.69, 9.17) is 34.8 Å². The van der Waals surface area contributed by atoms with Gasteiger partial charge in [-0.2, -0.15) is 0 Å². The molecule has 50 valence electrons. The topological polar surface area (TPSA) is 0 Å². The number of halogens is 6. The zero-order chi connectivity index (χ0) is 7.00. The van der Waals surface area contributed by atoms with Crippen LogP contribution in [0.25, 0.3) is 0 Å². The highest BCUT2D eigenvalue weighted by Crippen LogP contribution is 2.52. The van der Waals surface area contributed by atoms with Crippen molar-refractivity contribution in [3.05, 3.63) is 0 Å². The molecule has 0 radical (unpaired) electrons. The highest BCUT2D eigenvalue weighted by atomic mass is 79.9. The molecule has 0 saturated carbocycles. The fourth-order valence-corrected chi connectivity index (χ4v) is 0. The van der Waals surface area contributed by atoms with Crippen LogP contribution in [0.4, 0.5) is 0 Å². The molecule has 0 spiro atoms. The Kier molecular flexibility index (Phi) is 4.05. The lowest BCUT2D eigenvalue weighted by atomic mass is 10.9. The van der Waals surface area contributed by atoms with E-state index in [-0.39, 0.29) is 0 Å². The second kappa shape index (κ2) is 3.14. The van der Waals surface area contributed by atoms with Gasteiger partial charge in [0.05, 0.1) is 0 Å². The number of alkyl halides is 6. The second-order valence-electron chi connectivity index (χ2n) is 0.996. The van der Waals surface area contributed by atoms with Gasteiger partial charge in [-0.1, -0.05) is 66.7 Å². The molecule has 0 bridgehead atoms. The molecular formula is C2Br3Cl3. The molecule has 0 fully saturated rings. The van der Waals surface area contributed by atoms with E-state index in [2.05, 4.69) is 47.8 Å². The molecule has 0 saturated heterocycles. The van der Waals surface area contributed by atoms with Crippen LogP contribution in [-0.2, 0) is 0 Å². The maximum Gasteiger partial charge on any atom is 0.210 e. The normalized spacial score (nSPS) is 14.2. The van der Waals surface area contributed by atoms with Gasteiger partial charge >= 0.3 is 0 Å². The van der Waals surface area contributed by atoms with Gasteiger partial charge in [0.15, 0.2) is 2.69 Å². The summed E-state index contributed by atoms with van der Waals surface area (Å²) in [6, 6.07) is 0. The summed E-state index contributed by atoms with van der Waals surface area (Å²) in [6.07, 6.45) is 0. The van der Waals surface area contributed by atoms with Gasteiger partial charge in [-0.05, 0) is 15.9 Å². The van der Waals surface area contributed by atoms with Crippen LogP contribution in [0, 0.1) is 0 Å². The van der Waals surface area contributed by atoms with Crippen molar-refractivity contribution in [2.75, 3.05) is 0 Å². The van der Waals surface area contributed by atoms with Crippen molar-refractivity contribution in [2.45, 2.75) is 5.94 Å². The fraction of sp³-hybridized carbons (Fsp3) is 1.00. The Morgan fingerprint density at radius 2 is 1.00 bits per heavy atom.